The van der Waals surface area contributed by atoms with E-state index in [0.717, 1.165) is 0 Å². The molecular weight excluding hydrogens is 318 g/mol. The molecule has 0 bridgehead atoms. The molecular formula is C15H29NO4SSi. The summed E-state index contributed by atoms with van der Waals surface area (Å²) in [6, 6.07) is 2.07. The van der Waals surface area contributed by atoms with Gasteiger partial charge < -0.3 is 13.9 Å². The molecule has 0 heterocycles. The van der Waals surface area contributed by atoms with Gasteiger partial charge in [-0.2, -0.15) is 5.26 Å². The average Bonchev–Trinajstić information content (AvgIpc) is 2.42. The monoisotopic (exact) mass is 347 g/mol. The third-order valence-electron chi connectivity index (χ3n) is 3.92. The van der Waals surface area contributed by atoms with Crippen LogP contribution in [0.5, 0.6) is 0 Å². The molecule has 0 aliphatic heterocycles. The van der Waals surface area contributed by atoms with Crippen LogP contribution in [-0.4, -0.2) is 46.3 Å². The van der Waals surface area contributed by atoms with Gasteiger partial charge in [0.1, 0.15) is 0 Å². The van der Waals surface area contributed by atoms with Crippen LogP contribution in [0.15, 0.2) is 0 Å². The zero-order valence-electron chi connectivity index (χ0n) is 14.8. The summed E-state index contributed by atoms with van der Waals surface area (Å²) < 4.78 is 16.6. The van der Waals surface area contributed by atoms with Crippen molar-refractivity contribution >= 4 is 26.0 Å². The molecule has 0 spiro atoms. The lowest BCUT2D eigenvalue weighted by molar-refractivity contribution is -0.156. The van der Waals surface area contributed by atoms with Gasteiger partial charge in [-0.05, 0) is 31.3 Å². The largest absolute Gasteiger partial charge is 0.465 e. The van der Waals surface area contributed by atoms with E-state index in [1.54, 1.807) is 6.92 Å². The molecule has 5 nitrogen and oxygen atoms in total. The molecule has 0 radical (unpaired) electrons. The summed E-state index contributed by atoms with van der Waals surface area (Å²) >= 11 is 1.49. The van der Waals surface area contributed by atoms with E-state index in [4.69, 9.17) is 13.9 Å². The molecule has 0 N–H and O–H groups in total. The van der Waals surface area contributed by atoms with E-state index in [2.05, 4.69) is 39.9 Å². The quantitative estimate of drug-likeness (QED) is 0.275. The number of carbonyl (C=O) groups is 1. The second-order valence-electron chi connectivity index (χ2n) is 6.72. The lowest BCUT2D eigenvalue weighted by Gasteiger charge is -2.38. The number of hydrogen-bond acceptors (Lipinski definition) is 6. The summed E-state index contributed by atoms with van der Waals surface area (Å²) in [4.78, 5) is 12.3. The topological polar surface area (TPSA) is 68.6 Å². The average molecular weight is 348 g/mol. The van der Waals surface area contributed by atoms with Crippen LogP contribution in [0.3, 0.4) is 0 Å². The molecule has 0 aliphatic rings. The maximum absolute atomic E-state index is 12.3. The van der Waals surface area contributed by atoms with Gasteiger partial charge >= 0.3 is 5.97 Å². The highest BCUT2D eigenvalue weighted by Gasteiger charge is 2.45. The molecule has 0 aromatic heterocycles. The van der Waals surface area contributed by atoms with Crippen LogP contribution in [0.4, 0.5) is 0 Å². The number of carbonyl (C=O) groups excluding carboxylic acids is 1. The molecule has 0 aliphatic carbocycles. The molecule has 7 heteroatoms. The van der Waals surface area contributed by atoms with E-state index in [0.29, 0.717) is 5.94 Å². The fourth-order valence-electron chi connectivity index (χ4n) is 1.36. The summed E-state index contributed by atoms with van der Waals surface area (Å²) in [6.07, 6.45) is 1.89. The van der Waals surface area contributed by atoms with Crippen molar-refractivity contribution in [2.75, 3.05) is 32.0 Å². The summed E-state index contributed by atoms with van der Waals surface area (Å²) in [6.45, 7) is 12.4. The Morgan fingerprint density at radius 3 is 2.27 bits per heavy atom. The smallest absolute Gasteiger partial charge is 0.331 e. The van der Waals surface area contributed by atoms with Crippen molar-refractivity contribution in [3.63, 3.8) is 0 Å². The number of rotatable bonds is 9. The van der Waals surface area contributed by atoms with Crippen LogP contribution in [-0.2, 0) is 18.7 Å². The summed E-state index contributed by atoms with van der Waals surface area (Å²) in [5, 5.41) is 9.57. The molecule has 22 heavy (non-hydrogen) atoms. The van der Waals surface area contributed by atoms with E-state index in [1.807, 2.05) is 6.26 Å². The number of thioether (sulfide) groups is 1. The van der Waals surface area contributed by atoms with Gasteiger partial charge in [0, 0.05) is 0 Å². The van der Waals surface area contributed by atoms with Crippen molar-refractivity contribution in [2.24, 2.45) is 5.41 Å². The van der Waals surface area contributed by atoms with Gasteiger partial charge in [-0.1, -0.05) is 20.8 Å². The Kier molecular flexibility index (Phi) is 8.69. The fraction of sp³-hybridized carbons (Fsp3) is 0.867. The van der Waals surface area contributed by atoms with Gasteiger partial charge in [-0.15, -0.1) is 11.8 Å². The Bertz CT molecular complexity index is 403. The van der Waals surface area contributed by atoms with Gasteiger partial charge in [-0.3, -0.25) is 4.79 Å². The van der Waals surface area contributed by atoms with E-state index in [-0.39, 0.29) is 24.9 Å². The van der Waals surface area contributed by atoms with E-state index in [9.17, 15) is 10.1 Å². The van der Waals surface area contributed by atoms with Crippen molar-refractivity contribution in [3.8, 4) is 6.07 Å². The Hall–Kier alpha value is -0.553. The van der Waals surface area contributed by atoms with Gasteiger partial charge in [0.25, 0.3) is 0 Å². The second-order valence-corrected chi connectivity index (χ2v) is 12.3. The van der Waals surface area contributed by atoms with Crippen LogP contribution >= 0.6 is 11.8 Å². The van der Waals surface area contributed by atoms with Gasteiger partial charge in [0.05, 0.1) is 31.8 Å². The first-order valence-corrected chi connectivity index (χ1v) is 11.7. The van der Waals surface area contributed by atoms with E-state index < -0.39 is 19.7 Å². The number of esters is 1. The predicted molar refractivity (Wildman–Crippen MR) is 92.2 cm³/mol. The highest BCUT2D eigenvalue weighted by molar-refractivity contribution is 7.98. The summed E-state index contributed by atoms with van der Waals surface area (Å²) in [7, 11) is -2.07. The minimum absolute atomic E-state index is 0.00296. The maximum Gasteiger partial charge on any atom is 0.331 e. The molecule has 0 aromatic rings. The molecule has 0 aromatic carbocycles. The van der Waals surface area contributed by atoms with Crippen LogP contribution in [0.25, 0.3) is 0 Å². The SMILES string of the molecule is CCOC(=O)C(C#N)(COCSC)CO[Si](C)(C)C(C)(C)C. The summed E-state index contributed by atoms with van der Waals surface area (Å²) in [5.74, 6) is -0.152. The minimum atomic E-state index is -2.07. The Morgan fingerprint density at radius 1 is 1.27 bits per heavy atom. The molecule has 1 unspecified atom stereocenters. The van der Waals surface area contributed by atoms with Crippen molar-refractivity contribution in [1.29, 1.82) is 5.26 Å². The standard InChI is InChI=1S/C15H29NO4SSi/c1-8-19-13(17)15(9-16,10-18-12-21-5)11-20-22(6,7)14(2,3)4/h8,10-12H2,1-7H3. The third-order valence-corrected chi connectivity index (χ3v) is 8.80. The van der Waals surface area contributed by atoms with Crippen molar-refractivity contribution in [2.45, 2.75) is 45.8 Å². The maximum atomic E-state index is 12.3. The lowest BCUT2D eigenvalue weighted by Crippen LogP contribution is -2.48. The normalized spacial score (nSPS) is 15.0. The van der Waals surface area contributed by atoms with Gasteiger partial charge in [0.2, 0.25) is 0 Å². The molecule has 0 fully saturated rings. The van der Waals surface area contributed by atoms with Crippen molar-refractivity contribution < 1.29 is 18.7 Å². The highest BCUT2D eigenvalue weighted by Crippen LogP contribution is 2.37. The predicted octanol–water partition coefficient (Wildman–Crippen LogP) is 3.42. The zero-order chi connectivity index (χ0) is 17.4. The molecule has 0 rings (SSSR count). The molecule has 128 valence electrons. The van der Waals surface area contributed by atoms with Crippen LogP contribution in [0.1, 0.15) is 27.7 Å². The van der Waals surface area contributed by atoms with Crippen LogP contribution < -0.4 is 0 Å². The lowest BCUT2D eigenvalue weighted by atomic mass is 9.92. The fourth-order valence-corrected chi connectivity index (χ4v) is 2.65. The van der Waals surface area contributed by atoms with E-state index >= 15 is 0 Å². The molecule has 0 saturated carbocycles. The molecule has 0 amide bonds. The number of ether oxygens (including phenoxy) is 2. The Labute approximate surface area is 139 Å². The van der Waals surface area contributed by atoms with Crippen LogP contribution in [0, 0.1) is 16.7 Å². The van der Waals surface area contributed by atoms with Crippen molar-refractivity contribution in [1.82, 2.24) is 0 Å². The van der Waals surface area contributed by atoms with E-state index in [1.165, 1.54) is 11.8 Å². The minimum Gasteiger partial charge on any atom is -0.465 e. The zero-order valence-corrected chi connectivity index (χ0v) is 16.6. The highest BCUT2D eigenvalue weighted by atomic mass is 32.2. The number of nitriles is 1. The van der Waals surface area contributed by atoms with Crippen molar-refractivity contribution in [3.05, 3.63) is 0 Å². The van der Waals surface area contributed by atoms with Gasteiger partial charge in [0.15, 0.2) is 13.7 Å². The first-order chi connectivity index (χ1) is 10.1. The van der Waals surface area contributed by atoms with Crippen LogP contribution in [0.2, 0.25) is 18.1 Å². The third kappa shape index (κ3) is 5.92. The Balaban J connectivity index is 5.15. The first-order valence-electron chi connectivity index (χ1n) is 7.35. The number of nitrogens with zero attached hydrogens (tertiary/aromatic N) is 1. The second kappa shape index (κ2) is 8.92. The molecule has 0 saturated heterocycles. The van der Waals surface area contributed by atoms with Gasteiger partial charge in [-0.25, -0.2) is 0 Å². The first kappa shape index (κ1) is 21.4. The number of hydrogen-bond donors (Lipinski definition) is 0. The Morgan fingerprint density at radius 2 is 1.86 bits per heavy atom. The summed E-state index contributed by atoms with van der Waals surface area (Å²) in [5.41, 5.74) is -1.40. The molecule has 1 atom stereocenters.